The van der Waals surface area contributed by atoms with Crippen molar-refractivity contribution < 1.29 is 10.2 Å². The molecule has 0 unspecified atom stereocenters. The topological polar surface area (TPSA) is 82.0 Å². The van der Waals surface area contributed by atoms with Gasteiger partial charge in [0.1, 0.15) is 5.52 Å². The van der Waals surface area contributed by atoms with E-state index < -0.39 is 6.29 Å². The number of H-pyrrole nitrogens is 1. The van der Waals surface area contributed by atoms with Crippen molar-refractivity contribution in [2.45, 2.75) is 19.1 Å². The minimum absolute atomic E-state index is 0.337. The number of hydrogen-bond acceptors (Lipinski definition) is 4. The number of aromatic amines is 1. The predicted octanol–water partition coefficient (Wildman–Crippen LogP) is 0.201. The van der Waals surface area contributed by atoms with Crippen LogP contribution in [0.4, 0.5) is 0 Å². The summed E-state index contributed by atoms with van der Waals surface area (Å²) < 4.78 is 0. The standard InChI is InChI=1S/C9H11N3O2/c13-9(14)4-2-6-1-3-7-8(5-6)11-12-10-7/h1,3,5,9,13-14H,2,4H2,(H,10,11,12). The van der Waals surface area contributed by atoms with E-state index in [9.17, 15) is 0 Å². The van der Waals surface area contributed by atoms with E-state index in [0.29, 0.717) is 12.8 Å². The van der Waals surface area contributed by atoms with E-state index in [1.165, 1.54) is 0 Å². The molecule has 1 heterocycles. The number of aryl methyl sites for hydroxylation is 1. The van der Waals surface area contributed by atoms with Crippen LogP contribution < -0.4 is 0 Å². The van der Waals surface area contributed by atoms with Gasteiger partial charge in [-0.15, -0.1) is 5.10 Å². The van der Waals surface area contributed by atoms with E-state index in [2.05, 4.69) is 15.4 Å². The molecular weight excluding hydrogens is 182 g/mol. The number of aliphatic hydroxyl groups is 2. The second-order valence-electron chi connectivity index (χ2n) is 3.18. The largest absolute Gasteiger partial charge is 0.368 e. The van der Waals surface area contributed by atoms with E-state index in [4.69, 9.17) is 10.2 Å². The summed E-state index contributed by atoms with van der Waals surface area (Å²) >= 11 is 0. The van der Waals surface area contributed by atoms with Crippen molar-refractivity contribution in [3.8, 4) is 0 Å². The van der Waals surface area contributed by atoms with Crippen molar-refractivity contribution in [3.63, 3.8) is 0 Å². The maximum atomic E-state index is 8.71. The second-order valence-corrected chi connectivity index (χ2v) is 3.18. The van der Waals surface area contributed by atoms with Gasteiger partial charge in [0, 0.05) is 6.42 Å². The number of hydrogen-bond donors (Lipinski definition) is 3. The highest BCUT2D eigenvalue weighted by atomic mass is 16.5. The van der Waals surface area contributed by atoms with Crippen LogP contribution in [0.15, 0.2) is 18.2 Å². The summed E-state index contributed by atoms with van der Waals surface area (Å²) in [4.78, 5) is 0. The van der Waals surface area contributed by atoms with E-state index in [1.54, 1.807) is 0 Å². The maximum absolute atomic E-state index is 8.71. The van der Waals surface area contributed by atoms with Gasteiger partial charge in [-0.3, -0.25) is 5.10 Å². The molecule has 0 radical (unpaired) electrons. The van der Waals surface area contributed by atoms with Crippen LogP contribution in [-0.2, 0) is 6.42 Å². The van der Waals surface area contributed by atoms with Gasteiger partial charge >= 0.3 is 0 Å². The van der Waals surface area contributed by atoms with Crippen LogP contribution in [0.25, 0.3) is 11.0 Å². The first-order chi connectivity index (χ1) is 6.75. The highest BCUT2D eigenvalue weighted by Crippen LogP contribution is 2.12. The minimum atomic E-state index is -1.25. The molecule has 5 nitrogen and oxygen atoms in total. The van der Waals surface area contributed by atoms with Gasteiger partial charge in [-0.2, -0.15) is 0 Å². The van der Waals surface area contributed by atoms with Gasteiger partial charge in [-0.05, 0) is 24.1 Å². The molecule has 0 amide bonds. The molecule has 3 N–H and O–H groups in total. The zero-order valence-electron chi connectivity index (χ0n) is 7.51. The monoisotopic (exact) mass is 193 g/mol. The van der Waals surface area contributed by atoms with Crippen molar-refractivity contribution in [2.75, 3.05) is 0 Å². The highest BCUT2D eigenvalue weighted by Gasteiger charge is 2.02. The lowest BCUT2D eigenvalue weighted by molar-refractivity contribution is -0.0446. The number of rotatable bonds is 3. The van der Waals surface area contributed by atoms with E-state index >= 15 is 0 Å². The minimum Gasteiger partial charge on any atom is -0.368 e. The third kappa shape index (κ3) is 1.89. The maximum Gasteiger partial charge on any atom is 0.151 e. The molecule has 0 bridgehead atoms. The molecule has 1 aromatic carbocycles. The molecule has 0 saturated heterocycles. The molecule has 0 aliphatic heterocycles. The van der Waals surface area contributed by atoms with Crippen LogP contribution in [0.3, 0.4) is 0 Å². The summed E-state index contributed by atoms with van der Waals surface area (Å²) in [5.41, 5.74) is 2.72. The van der Waals surface area contributed by atoms with Gasteiger partial charge in [0.2, 0.25) is 0 Å². The summed E-state index contributed by atoms with van der Waals surface area (Å²) in [6.07, 6.45) is -0.285. The number of fused-ring (bicyclic) bond motifs is 1. The lowest BCUT2D eigenvalue weighted by atomic mass is 10.1. The number of aromatic nitrogens is 3. The first kappa shape index (κ1) is 9.11. The van der Waals surface area contributed by atoms with Crippen molar-refractivity contribution >= 4 is 11.0 Å². The summed E-state index contributed by atoms with van der Waals surface area (Å²) in [6.45, 7) is 0. The van der Waals surface area contributed by atoms with Crippen molar-refractivity contribution in [1.82, 2.24) is 15.4 Å². The van der Waals surface area contributed by atoms with Crippen molar-refractivity contribution in [2.24, 2.45) is 0 Å². The van der Waals surface area contributed by atoms with Crippen LogP contribution in [0.5, 0.6) is 0 Å². The average molecular weight is 193 g/mol. The SMILES string of the molecule is OC(O)CCc1ccc2[nH]nnc2c1. The zero-order chi connectivity index (χ0) is 9.97. The normalized spacial score (nSPS) is 11.4. The van der Waals surface area contributed by atoms with Crippen molar-refractivity contribution in [1.29, 1.82) is 0 Å². The van der Waals surface area contributed by atoms with Crippen LogP contribution in [0, 0.1) is 0 Å². The second kappa shape index (κ2) is 3.73. The Morgan fingerprint density at radius 3 is 3.00 bits per heavy atom. The fourth-order valence-corrected chi connectivity index (χ4v) is 1.34. The molecule has 0 aliphatic carbocycles. The Bertz CT molecular complexity index is 425. The Morgan fingerprint density at radius 2 is 2.21 bits per heavy atom. The smallest absolute Gasteiger partial charge is 0.151 e. The average Bonchev–Trinajstić information content (AvgIpc) is 2.61. The van der Waals surface area contributed by atoms with Crippen LogP contribution in [0.1, 0.15) is 12.0 Å². The molecule has 2 aromatic rings. The van der Waals surface area contributed by atoms with Crippen LogP contribution >= 0.6 is 0 Å². The first-order valence-electron chi connectivity index (χ1n) is 4.41. The van der Waals surface area contributed by atoms with Gasteiger partial charge in [0.25, 0.3) is 0 Å². The number of nitrogens with zero attached hydrogens (tertiary/aromatic N) is 2. The third-order valence-corrected chi connectivity index (χ3v) is 2.08. The Morgan fingerprint density at radius 1 is 1.36 bits per heavy atom. The van der Waals surface area contributed by atoms with Gasteiger partial charge in [0.05, 0.1) is 5.52 Å². The molecule has 5 heteroatoms. The Kier molecular flexibility index (Phi) is 2.43. The Balaban J connectivity index is 2.17. The molecule has 0 atom stereocenters. The van der Waals surface area contributed by atoms with Gasteiger partial charge in [-0.1, -0.05) is 11.3 Å². The quantitative estimate of drug-likeness (QED) is 0.608. The molecule has 14 heavy (non-hydrogen) atoms. The summed E-state index contributed by atoms with van der Waals surface area (Å²) in [7, 11) is 0. The van der Waals surface area contributed by atoms with Gasteiger partial charge in [-0.25, -0.2) is 0 Å². The first-order valence-corrected chi connectivity index (χ1v) is 4.41. The van der Waals surface area contributed by atoms with Crippen molar-refractivity contribution in [3.05, 3.63) is 23.8 Å². The molecule has 0 aliphatic rings. The van der Waals surface area contributed by atoms with Gasteiger partial charge in [0.15, 0.2) is 6.29 Å². The van der Waals surface area contributed by atoms with E-state index in [0.717, 1.165) is 16.6 Å². The molecule has 74 valence electrons. The Hall–Kier alpha value is -1.46. The Labute approximate surface area is 80.4 Å². The third-order valence-electron chi connectivity index (χ3n) is 2.08. The van der Waals surface area contributed by atoms with E-state index in [1.807, 2.05) is 18.2 Å². The molecule has 1 aromatic heterocycles. The molecule has 0 fully saturated rings. The van der Waals surface area contributed by atoms with Crippen LogP contribution in [-0.4, -0.2) is 31.9 Å². The van der Waals surface area contributed by atoms with E-state index in [-0.39, 0.29) is 0 Å². The molecular formula is C9H11N3O2. The lowest BCUT2D eigenvalue weighted by Gasteiger charge is -2.02. The number of nitrogens with one attached hydrogen (secondary N) is 1. The highest BCUT2D eigenvalue weighted by molar-refractivity contribution is 5.74. The summed E-state index contributed by atoms with van der Waals surface area (Å²) in [5, 5.41) is 27.7. The number of aliphatic hydroxyl groups excluding tert-OH is 1. The summed E-state index contributed by atoms with van der Waals surface area (Å²) in [6, 6.07) is 5.69. The molecule has 0 spiro atoms. The zero-order valence-corrected chi connectivity index (χ0v) is 7.51. The summed E-state index contributed by atoms with van der Waals surface area (Å²) in [5.74, 6) is 0. The molecule has 0 saturated carbocycles. The predicted molar refractivity (Wildman–Crippen MR) is 50.4 cm³/mol. The van der Waals surface area contributed by atoms with Crippen LogP contribution in [0.2, 0.25) is 0 Å². The number of benzene rings is 1. The van der Waals surface area contributed by atoms with Gasteiger partial charge < -0.3 is 10.2 Å². The fourth-order valence-electron chi connectivity index (χ4n) is 1.34. The molecule has 2 rings (SSSR count). The fraction of sp³-hybridized carbons (Fsp3) is 0.333. The lowest BCUT2D eigenvalue weighted by Crippen LogP contribution is -2.05.